The number of hydrogen-bond donors (Lipinski definition) is 0. The maximum Gasteiger partial charge on any atom is 0.0973 e. The van der Waals surface area contributed by atoms with Crippen LogP contribution in [0, 0.1) is 13.8 Å². The van der Waals surface area contributed by atoms with E-state index in [0.29, 0.717) is 0 Å². The summed E-state index contributed by atoms with van der Waals surface area (Å²) in [4.78, 5) is 10.5. The van der Waals surface area contributed by atoms with E-state index in [1.807, 2.05) is 24.3 Å². The zero-order chi connectivity index (χ0) is 41.3. The Hall–Kier alpha value is -8.08. The lowest BCUT2D eigenvalue weighted by atomic mass is 9.95. The SMILES string of the molecule is Cc1cc(-n2c3ccccc3c3ccccc32)ccc1-c1ccc(-c2nc3ccccc3nc2-c2ccc(-c3ccc(-n4c5ccccc5c5ccccc54)cc3C)cc2)cc1. The molecule has 0 aliphatic carbocycles. The number of benzene rings is 9. The predicted octanol–water partition coefficient (Wildman–Crippen LogP) is 15.1. The number of rotatable bonds is 6. The smallest absolute Gasteiger partial charge is 0.0973 e. The summed E-state index contributed by atoms with van der Waals surface area (Å²) in [6, 6.07) is 74.0. The summed E-state index contributed by atoms with van der Waals surface area (Å²) in [7, 11) is 0. The Morgan fingerprint density at radius 3 is 0.952 bits per heavy atom. The van der Waals surface area contributed by atoms with Gasteiger partial charge in [0.25, 0.3) is 0 Å². The second-order valence-corrected chi connectivity index (χ2v) is 16.3. The van der Waals surface area contributed by atoms with Crippen LogP contribution in [0.15, 0.2) is 206 Å². The molecule has 4 heteroatoms. The van der Waals surface area contributed by atoms with Crippen LogP contribution < -0.4 is 0 Å². The maximum atomic E-state index is 5.24. The van der Waals surface area contributed by atoms with Crippen LogP contribution >= 0.6 is 0 Å². The van der Waals surface area contributed by atoms with E-state index in [2.05, 4.69) is 205 Å². The van der Waals surface area contributed by atoms with Crippen LogP contribution in [0.1, 0.15) is 11.1 Å². The molecule has 12 rings (SSSR count). The summed E-state index contributed by atoms with van der Waals surface area (Å²) in [5.41, 5.74) is 19.9. The molecule has 12 aromatic rings. The van der Waals surface area contributed by atoms with Gasteiger partial charge in [-0.3, -0.25) is 0 Å². The first-order valence-corrected chi connectivity index (χ1v) is 21.2. The van der Waals surface area contributed by atoms with Gasteiger partial charge in [-0.25, -0.2) is 9.97 Å². The fourth-order valence-electron chi connectivity index (χ4n) is 9.64. The molecule has 0 N–H and O–H groups in total. The highest BCUT2D eigenvalue weighted by atomic mass is 15.0. The number of aromatic nitrogens is 4. The highest BCUT2D eigenvalue weighted by Gasteiger charge is 2.17. The van der Waals surface area contributed by atoms with Gasteiger partial charge in [-0.1, -0.05) is 146 Å². The first-order valence-electron chi connectivity index (χ1n) is 21.2. The van der Waals surface area contributed by atoms with Crippen molar-refractivity contribution in [3.05, 3.63) is 217 Å². The lowest BCUT2D eigenvalue weighted by Crippen LogP contribution is -1.97. The molecule has 0 amide bonds. The minimum absolute atomic E-state index is 0.869. The Morgan fingerprint density at radius 2 is 0.613 bits per heavy atom. The Morgan fingerprint density at radius 1 is 0.306 bits per heavy atom. The van der Waals surface area contributed by atoms with Crippen molar-refractivity contribution < 1.29 is 0 Å². The molecule has 3 aromatic heterocycles. The van der Waals surface area contributed by atoms with Crippen molar-refractivity contribution in [3.63, 3.8) is 0 Å². The van der Waals surface area contributed by atoms with E-state index in [1.165, 1.54) is 77.0 Å². The lowest BCUT2D eigenvalue weighted by molar-refractivity contribution is 1.17. The molecule has 62 heavy (non-hydrogen) atoms. The molecule has 0 aliphatic heterocycles. The fourth-order valence-corrected chi connectivity index (χ4v) is 9.64. The number of nitrogens with zero attached hydrogens (tertiary/aromatic N) is 4. The van der Waals surface area contributed by atoms with Gasteiger partial charge in [-0.15, -0.1) is 0 Å². The fraction of sp³-hybridized carbons (Fsp3) is 0.0345. The first-order chi connectivity index (χ1) is 30.6. The number of hydrogen-bond acceptors (Lipinski definition) is 2. The minimum atomic E-state index is 0.869. The van der Waals surface area contributed by atoms with Crippen molar-refractivity contribution in [1.82, 2.24) is 19.1 Å². The number of fused-ring (bicyclic) bond motifs is 7. The van der Waals surface area contributed by atoms with Gasteiger partial charge in [0.1, 0.15) is 0 Å². The molecule has 0 bridgehead atoms. The minimum Gasteiger partial charge on any atom is -0.309 e. The van der Waals surface area contributed by atoms with Crippen LogP contribution in [-0.4, -0.2) is 19.1 Å². The average molecular weight is 793 g/mol. The van der Waals surface area contributed by atoms with E-state index in [4.69, 9.17) is 9.97 Å². The van der Waals surface area contributed by atoms with Crippen LogP contribution in [0.2, 0.25) is 0 Å². The molecular formula is C58H40N4. The second kappa shape index (κ2) is 14.3. The molecule has 0 radical (unpaired) electrons. The van der Waals surface area contributed by atoms with E-state index in [-0.39, 0.29) is 0 Å². The van der Waals surface area contributed by atoms with E-state index < -0.39 is 0 Å². The average Bonchev–Trinajstić information content (AvgIpc) is 3.84. The molecule has 0 saturated heterocycles. The number of para-hydroxylation sites is 6. The molecule has 0 fully saturated rings. The predicted molar refractivity (Wildman–Crippen MR) is 259 cm³/mol. The molecule has 0 unspecified atom stereocenters. The Labute approximate surface area is 359 Å². The van der Waals surface area contributed by atoms with Crippen LogP contribution in [0.4, 0.5) is 0 Å². The molecule has 0 aliphatic rings. The Kier molecular flexibility index (Phi) is 8.26. The van der Waals surface area contributed by atoms with Gasteiger partial charge in [0, 0.05) is 44.0 Å². The highest BCUT2D eigenvalue weighted by Crippen LogP contribution is 2.38. The molecule has 0 spiro atoms. The van der Waals surface area contributed by atoms with E-state index in [1.54, 1.807) is 0 Å². The van der Waals surface area contributed by atoms with Crippen LogP contribution in [0.3, 0.4) is 0 Å². The second-order valence-electron chi connectivity index (χ2n) is 16.3. The van der Waals surface area contributed by atoms with Crippen molar-refractivity contribution in [3.8, 4) is 56.1 Å². The zero-order valence-electron chi connectivity index (χ0n) is 34.4. The Balaban J connectivity index is 0.876. The van der Waals surface area contributed by atoms with Crippen molar-refractivity contribution in [2.45, 2.75) is 13.8 Å². The normalized spacial score (nSPS) is 11.7. The van der Waals surface area contributed by atoms with Gasteiger partial charge >= 0.3 is 0 Å². The molecule has 3 heterocycles. The van der Waals surface area contributed by atoms with Gasteiger partial charge < -0.3 is 9.13 Å². The first kappa shape index (κ1) is 35.8. The zero-order valence-corrected chi connectivity index (χ0v) is 34.4. The van der Waals surface area contributed by atoms with Crippen LogP contribution in [-0.2, 0) is 0 Å². The molecule has 9 aromatic carbocycles. The van der Waals surface area contributed by atoms with Gasteiger partial charge in [0.05, 0.1) is 44.5 Å². The topological polar surface area (TPSA) is 35.6 Å². The summed E-state index contributed by atoms with van der Waals surface area (Å²) < 4.78 is 4.75. The molecular weight excluding hydrogens is 753 g/mol. The third-order valence-corrected chi connectivity index (χ3v) is 12.6. The molecule has 292 valence electrons. The Bertz CT molecular complexity index is 3350. The van der Waals surface area contributed by atoms with Gasteiger partial charge in [0.15, 0.2) is 0 Å². The van der Waals surface area contributed by atoms with Crippen molar-refractivity contribution >= 4 is 54.6 Å². The van der Waals surface area contributed by atoms with E-state index in [0.717, 1.165) is 44.9 Å². The largest absolute Gasteiger partial charge is 0.309 e. The summed E-state index contributed by atoms with van der Waals surface area (Å²) in [5.74, 6) is 0. The lowest BCUT2D eigenvalue weighted by Gasteiger charge is -2.14. The maximum absolute atomic E-state index is 5.24. The van der Waals surface area contributed by atoms with Gasteiger partial charge in [-0.05, 0) is 108 Å². The summed E-state index contributed by atoms with van der Waals surface area (Å²) in [5, 5.41) is 5.07. The van der Waals surface area contributed by atoms with Crippen molar-refractivity contribution in [2.75, 3.05) is 0 Å². The quantitative estimate of drug-likeness (QED) is 0.168. The van der Waals surface area contributed by atoms with Gasteiger partial charge in [-0.2, -0.15) is 0 Å². The van der Waals surface area contributed by atoms with Crippen LogP contribution in [0.5, 0.6) is 0 Å². The summed E-state index contributed by atoms with van der Waals surface area (Å²) in [6.07, 6.45) is 0. The third-order valence-electron chi connectivity index (χ3n) is 12.6. The summed E-state index contributed by atoms with van der Waals surface area (Å²) >= 11 is 0. The number of aryl methyl sites for hydroxylation is 2. The van der Waals surface area contributed by atoms with Crippen LogP contribution in [0.25, 0.3) is 111 Å². The monoisotopic (exact) mass is 792 g/mol. The molecule has 4 nitrogen and oxygen atoms in total. The molecule has 0 atom stereocenters. The molecule has 0 saturated carbocycles. The highest BCUT2D eigenvalue weighted by molar-refractivity contribution is 6.10. The van der Waals surface area contributed by atoms with E-state index >= 15 is 0 Å². The third kappa shape index (κ3) is 5.76. The summed E-state index contributed by atoms with van der Waals surface area (Å²) in [6.45, 7) is 4.41. The standard InChI is InChI=1S/C58H40N4/c1-37-35-43(61-53-19-9-3-13-47(53)48-14-4-10-20-54(48)61)31-33-45(37)39-23-27-41(28-24-39)57-58(60-52-18-8-7-17-51(52)59-57)42-29-25-40(26-30-42)46-34-32-44(36-38(46)2)62-55-21-11-5-15-49(55)50-16-6-12-22-56(50)62/h3-36H,1-2H3. The van der Waals surface area contributed by atoms with E-state index in [9.17, 15) is 0 Å². The van der Waals surface area contributed by atoms with Crippen molar-refractivity contribution in [2.24, 2.45) is 0 Å². The van der Waals surface area contributed by atoms with Crippen molar-refractivity contribution in [1.29, 1.82) is 0 Å². The van der Waals surface area contributed by atoms with Gasteiger partial charge in [0.2, 0.25) is 0 Å².